The summed E-state index contributed by atoms with van der Waals surface area (Å²) in [6, 6.07) is 15.7. The molecule has 29 heavy (non-hydrogen) atoms. The predicted molar refractivity (Wildman–Crippen MR) is 110 cm³/mol. The zero-order valence-corrected chi connectivity index (χ0v) is 16.5. The summed E-state index contributed by atoms with van der Waals surface area (Å²) in [5.41, 5.74) is 6.15. The third-order valence-corrected chi connectivity index (χ3v) is 5.28. The molecule has 3 N–H and O–H groups in total. The number of amides is 2. The number of hydrogen-bond acceptors (Lipinski definition) is 6. The number of para-hydroxylation sites is 2. The quantitative estimate of drug-likeness (QED) is 0.598. The van der Waals surface area contributed by atoms with E-state index in [-0.39, 0.29) is 21.0 Å². The molecule has 1 heterocycles. The van der Waals surface area contributed by atoms with Crippen LogP contribution in [0.3, 0.4) is 0 Å². The van der Waals surface area contributed by atoms with Crippen molar-refractivity contribution in [3.8, 4) is 11.5 Å². The Hall–Kier alpha value is -3.65. The van der Waals surface area contributed by atoms with Crippen LogP contribution >= 0.6 is 11.3 Å². The molecule has 0 saturated carbocycles. The largest absolute Gasteiger partial charge is 0.465 e. The molecule has 7 nitrogen and oxygen atoms in total. The normalized spacial score (nSPS) is 10.3. The van der Waals surface area contributed by atoms with E-state index in [0.717, 1.165) is 11.3 Å². The Morgan fingerprint density at radius 1 is 1.00 bits per heavy atom. The van der Waals surface area contributed by atoms with Gasteiger partial charge in [-0.2, -0.15) is 0 Å². The summed E-state index contributed by atoms with van der Waals surface area (Å²) >= 11 is 0.932. The Kier molecular flexibility index (Phi) is 5.94. The SMILES string of the molecule is COC(=O)c1sc(NC(=O)c2ccccc2Oc2ccccc2)c(C(N)=O)c1C. The molecular weight excluding hydrogens is 392 g/mol. The molecule has 0 aliphatic rings. The number of carbonyl (C=O) groups excluding carboxylic acids is 3. The second-order valence-corrected chi connectivity index (χ2v) is 7.00. The summed E-state index contributed by atoms with van der Waals surface area (Å²) < 4.78 is 10.5. The molecule has 8 heteroatoms. The highest BCUT2D eigenvalue weighted by molar-refractivity contribution is 7.18. The number of rotatable bonds is 6. The maximum Gasteiger partial charge on any atom is 0.348 e. The summed E-state index contributed by atoms with van der Waals surface area (Å²) in [5.74, 6) is -0.943. The molecule has 0 bridgehead atoms. The highest BCUT2D eigenvalue weighted by atomic mass is 32.1. The monoisotopic (exact) mass is 410 g/mol. The fourth-order valence-electron chi connectivity index (χ4n) is 2.71. The van der Waals surface area contributed by atoms with Gasteiger partial charge in [0.2, 0.25) is 0 Å². The summed E-state index contributed by atoms with van der Waals surface area (Å²) in [4.78, 5) is 36.9. The van der Waals surface area contributed by atoms with E-state index < -0.39 is 17.8 Å². The van der Waals surface area contributed by atoms with Gasteiger partial charge in [0.1, 0.15) is 21.4 Å². The average Bonchev–Trinajstić information content (AvgIpc) is 3.04. The van der Waals surface area contributed by atoms with E-state index in [9.17, 15) is 14.4 Å². The standard InChI is InChI=1S/C21H18N2O5S/c1-12-16(18(22)24)20(29-17(12)21(26)27-2)23-19(25)14-10-6-7-11-15(14)28-13-8-4-3-5-9-13/h3-11H,1-2H3,(H2,22,24)(H,23,25). The first-order valence-electron chi connectivity index (χ1n) is 8.57. The molecule has 0 unspecified atom stereocenters. The fourth-order valence-corrected chi connectivity index (χ4v) is 3.84. The minimum absolute atomic E-state index is 0.0743. The van der Waals surface area contributed by atoms with Crippen molar-refractivity contribution in [1.82, 2.24) is 0 Å². The molecule has 3 aromatic rings. The van der Waals surface area contributed by atoms with Crippen molar-refractivity contribution in [2.75, 3.05) is 12.4 Å². The lowest BCUT2D eigenvalue weighted by Gasteiger charge is -2.11. The lowest BCUT2D eigenvalue weighted by Crippen LogP contribution is -2.18. The molecule has 0 radical (unpaired) electrons. The van der Waals surface area contributed by atoms with Gasteiger partial charge in [-0.05, 0) is 36.8 Å². The first kappa shape index (κ1) is 20.1. The number of thiophene rings is 1. The van der Waals surface area contributed by atoms with Crippen LogP contribution in [0.15, 0.2) is 54.6 Å². The van der Waals surface area contributed by atoms with Crippen molar-refractivity contribution >= 4 is 34.1 Å². The van der Waals surface area contributed by atoms with E-state index in [1.807, 2.05) is 18.2 Å². The predicted octanol–water partition coefficient (Wildman–Crippen LogP) is 3.99. The van der Waals surface area contributed by atoms with Crippen LogP contribution in [0.25, 0.3) is 0 Å². The highest BCUT2D eigenvalue weighted by Gasteiger charge is 2.25. The van der Waals surface area contributed by atoms with Gasteiger partial charge in [0, 0.05) is 0 Å². The van der Waals surface area contributed by atoms with Crippen LogP contribution in [0, 0.1) is 6.92 Å². The number of ether oxygens (including phenoxy) is 2. The van der Waals surface area contributed by atoms with Crippen molar-refractivity contribution in [1.29, 1.82) is 0 Å². The summed E-state index contributed by atoms with van der Waals surface area (Å²) in [6.07, 6.45) is 0. The summed E-state index contributed by atoms with van der Waals surface area (Å²) in [6.45, 7) is 1.57. The van der Waals surface area contributed by atoms with Gasteiger partial charge in [0.15, 0.2) is 0 Å². The zero-order chi connectivity index (χ0) is 21.0. The van der Waals surface area contributed by atoms with Gasteiger partial charge in [-0.3, -0.25) is 9.59 Å². The first-order valence-corrected chi connectivity index (χ1v) is 9.38. The number of hydrogen-bond donors (Lipinski definition) is 2. The van der Waals surface area contributed by atoms with Crippen LogP contribution in [0.4, 0.5) is 5.00 Å². The van der Waals surface area contributed by atoms with Gasteiger partial charge in [-0.1, -0.05) is 30.3 Å². The lowest BCUT2D eigenvalue weighted by molar-refractivity contribution is 0.0605. The lowest BCUT2D eigenvalue weighted by atomic mass is 10.1. The molecule has 0 spiro atoms. The number of nitrogens with two attached hydrogens (primary N) is 1. The smallest absolute Gasteiger partial charge is 0.348 e. The molecule has 148 valence electrons. The summed E-state index contributed by atoms with van der Waals surface area (Å²) in [5, 5.41) is 2.84. The Bertz CT molecular complexity index is 1080. The van der Waals surface area contributed by atoms with Crippen LogP contribution in [-0.4, -0.2) is 24.9 Å². The molecule has 0 saturated heterocycles. The van der Waals surface area contributed by atoms with E-state index in [1.54, 1.807) is 43.3 Å². The van der Waals surface area contributed by atoms with Crippen LogP contribution < -0.4 is 15.8 Å². The van der Waals surface area contributed by atoms with Crippen LogP contribution in [0.2, 0.25) is 0 Å². The van der Waals surface area contributed by atoms with Gasteiger partial charge in [0.25, 0.3) is 11.8 Å². The molecule has 0 atom stereocenters. The molecule has 1 aromatic heterocycles. The van der Waals surface area contributed by atoms with Crippen LogP contribution in [0.5, 0.6) is 11.5 Å². The zero-order valence-electron chi connectivity index (χ0n) is 15.7. The van der Waals surface area contributed by atoms with E-state index in [0.29, 0.717) is 17.1 Å². The second-order valence-electron chi connectivity index (χ2n) is 5.98. The van der Waals surface area contributed by atoms with E-state index in [2.05, 4.69) is 5.32 Å². The number of benzene rings is 2. The Balaban J connectivity index is 1.94. The number of methoxy groups -OCH3 is 1. The topological polar surface area (TPSA) is 108 Å². The van der Waals surface area contributed by atoms with Crippen molar-refractivity contribution in [2.45, 2.75) is 6.92 Å². The molecule has 3 rings (SSSR count). The summed E-state index contributed by atoms with van der Waals surface area (Å²) in [7, 11) is 1.24. The number of esters is 1. The van der Waals surface area contributed by atoms with Crippen molar-refractivity contribution < 1.29 is 23.9 Å². The first-order chi connectivity index (χ1) is 13.9. The van der Waals surface area contributed by atoms with E-state index in [4.69, 9.17) is 15.2 Å². The minimum atomic E-state index is -0.752. The third kappa shape index (κ3) is 4.27. The number of anilines is 1. The maximum absolute atomic E-state index is 12.9. The van der Waals surface area contributed by atoms with Crippen LogP contribution in [-0.2, 0) is 4.74 Å². The Labute approximate surface area is 171 Å². The van der Waals surface area contributed by atoms with Gasteiger partial charge >= 0.3 is 5.97 Å². The molecule has 2 aromatic carbocycles. The minimum Gasteiger partial charge on any atom is -0.465 e. The Morgan fingerprint density at radius 3 is 2.31 bits per heavy atom. The van der Waals surface area contributed by atoms with Crippen molar-refractivity contribution in [2.24, 2.45) is 5.73 Å². The van der Waals surface area contributed by atoms with Gasteiger partial charge < -0.3 is 20.5 Å². The third-order valence-electron chi connectivity index (χ3n) is 4.09. The van der Waals surface area contributed by atoms with Gasteiger partial charge in [0.05, 0.1) is 18.2 Å². The van der Waals surface area contributed by atoms with Crippen LogP contribution in [0.1, 0.15) is 36.0 Å². The molecule has 0 aliphatic heterocycles. The van der Waals surface area contributed by atoms with E-state index in [1.165, 1.54) is 7.11 Å². The van der Waals surface area contributed by atoms with Gasteiger partial charge in [-0.15, -0.1) is 11.3 Å². The number of primary amides is 1. The Morgan fingerprint density at radius 2 is 1.66 bits per heavy atom. The second kappa shape index (κ2) is 8.57. The molecule has 0 aliphatic carbocycles. The van der Waals surface area contributed by atoms with E-state index >= 15 is 0 Å². The molecular formula is C21H18N2O5S. The fraction of sp³-hybridized carbons (Fsp3) is 0.0952. The molecule has 2 amide bonds. The number of nitrogens with one attached hydrogen (secondary N) is 1. The maximum atomic E-state index is 12.9. The number of carbonyl (C=O) groups is 3. The highest BCUT2D eigenvalue weighted by Crippen LogP contribution is 2.34. The van der Waals surface area contributed by atoms with Crippen molar-refractivity contribution in [3.05, 3.63) is 76.2 Å². The molecule has 0 fully saturated rings. The average molecular weight is 410 g/mol. The van der Waals surface area contributed by atoms with Gasteiger partial charge in [-0.25, -0.2) is 4.79 Å². The van der Waals surface area contributed by atoms with Crippen molar-refractivity contribution in [3.63, 3.8) is 0 Å².